The lowest BCUT2D eigenvalue weighted by molar-refractivity contribution is -0.162. The van der Waals surface area contributed by atoms with Gasteiger partial charge < -0.3 is 18.6 Å². The predicted octanol–water partition coefficient (Wildman–Crippen LogP) is 6.82. The van der Waals surface area contributed by atoms with Crippen LogP contribution in [-0.2, 0) is 30.0 Å². The van der Waals surface area contributed by atoms with E-state index in [4.69, 9.17) is 18.6 Å². The lowest BCUT2D eigenvalue weighted by atomic mass is 9.90. The topological polar surface area (TPSA) is 54.0 Å². The molecule has 0 saturated carbocycles. The van der Waals surface area contributed by atoms with Crippen LogP contribution >= 0.6 is 0 Å². The molecule has 33 heavy (non-hydrogen) atoms. The van der Waals surface area contributed by atoms with Crippen molar-refractivity contribution in [3.05, 3.63) is 35.9 Å². The largest absolute Gasteiger partial charge is 0.463 e. The van der Waals surface area contributed by atoms with E-state index in [9.17, 15) is 4.79 Å². The van der Waals surface area contributed by atoms with Crippen molar-refractivity contribution in [1.29, 1.82) is 0 Å². The molecule has 5 nitrogen and oxygen atoms in total. The van der Waals surface area contributed by atoms with Crippen molar-refractivity contribution in [3.63, 3.8) is 0 Å². The lowest BCUT2D eigenvalue weighted by Gasteiger charge is -2.42. The molecule has 0 fully saturated rings. The highest BCUT2D eigenvalue weighted by molar-refractivity contribution is 6.74. The van der Waals surface area contributed by atoms with Crippen molar-refractivity contribution in [2.24, 2.45) is 17.3 Å². The lowest BCUT2D eigenvalue weighted by Crippen LogP contribution is -2.50. The minimum atomic E-state index is -2.09. The van der Waals surface area contributed by atoms with Gasteiger partial charge in [-0.15, -0.1) is 0 Å². The van der Waals surface area contributed by atoms with Crippen LogP contribution in [0.5, 0.6) is 0 Å². The maximum absolute atomic E-state index is 12.5. The van der Waals surface area contributed by atoms with Gasteiger partial charge in [0.05, 0.1) is 24.2 Å². The van der Waals surface area contributed by atoms with E-state index in [2.05, 4.69) is 54.6 Å². The smallest absolute Gasteiger partial charge is 0.311 e. The maximum atomic E-state index is 12.5. The minimum absolute atomic E-state index is 0.0206. The normalized spacial score (nSPS) is 15.9. The van der Waals surface area contributed by atoms with Crippen LogP contribution in [0.3, 0.4) is 0 Å². The molecule has 0 heterocycles. The Balaban J connectivity index is 2.91. The Bertz CT molecular complexity index is 703. The molecule has 1 aromatic rings. The summed E-state index contributed by atoms with van der Waals surface area (Å²) in [6.07, 6.45) is -0.345. The summed E-state index contributed by atoms with van der Waals surface area (Å²) in [7, 11) is -2.09. The van der Waals surface area contributed by atoms with Crippen LogP contribution in [-0.4, -0.2) is 39.9 Å². The van der Waals surface area contributed by atoms with Crippen molar-refractivity contribution < 1.29 is 23.4 Å². The first-order chi connectivity index (χ1) is 15.1. The van der Waals surface area contributed by atoms with Gasteiger partial charge in [-0.05, 0) is 50.4 Å². The van der Waals surface area contributed by atoms with Crippen molar-refractivity contribution >= 4 is 14.3 Å². The Labute approximate surface area is 203 Å². The van der Waals surface area contributed by atoms with E-state index in [0.29, 0.717) is 6.61 Å². The number of rotatable bonds is 12. The molecule has 0 aliphatic rings. The molecule has 190 valence electrons. The number of esters is 1. The zero-order chi connectivity index (χ0) is 25.4. The van der Waals surface area contributed by atoms with Crippen LogP contribution in [0, 0.1) is 17.3 Å². The highest BCUT2D eigenvalue weighted by Crippen LogP contribution is 2.39. The fraction of sp³-hybridized carbons (Fsp3) is 0.741. The van der Waals surface area contributed by atoms with Gasteiger partial charge in [0.15, 0.2) is 8.32 Å². The first-order valence-corrected chi connectivity index (χ1v) is 15.1. The highest BCUT2D eigenvalue weighted by atomic mass is 28.4. The summed E-state index contributed by atoms with van der Waals surface area (Å²) in [4.78, 5) is 12.5. The first kappa shape index (κ1) is 29.8. The number of benzene rings is 1. The molecule has 0 saturated heterocycles. The van der Waals surface area contributed by atoms with Gasteiger partial charge in [-0.3, -0.25) is 4.79 Å². The summed E-state index contributed by atoms with van der Waals surface area (Å²) >= 11 is 0. The van der Waals surface area contributed by atoms with Crippen molar-refractivity contribution in [1.82, 2.24) is 0 Å². The molecule has 1 aromatic carbocycles. The summed E-state index contributed by atoms with van der Waals surface area (Å²) < 4.78 is 24.5. The number of carbonyl (C=O) groups excluding carboxylic acids is 1. The summed E-state index contributed by atoms with van der Waals surface area (Å²) in [5.41, 5.74) is 0.563. The van der Waals surface area contributed by atoms with Gasteiger partial charge in [0.2, 0.25) is 0 Å². The van der Waals surface area contributed by atoms with Crippen molar-refractivity contribution in [2.75, 3.05) is 13.4 Å². The molecular weight excluding hydrogens is 432 g/mol. The number of hydrogen-bond acceptors (Lipinski definition) is 5. The second kappa shape index (κ2) is 12.5. The number of hydrogen-bond donors (Lipinski definition) is 0. The van der Waals surface area contributed by atoms with E-state index in [1.165, 1.54) is 0 Å². The molecule has 0 radical (unpaired) electrons. The van der Waals surface area contributed by atoms with Gasteiger partial charge in [0, 0.05) is 5.92 Å². The quantitative estimate of drug-likeness (QED) is 0.142. The molecule has 0 bridgehead atoms. The molecule has 0 aromatic heterocycles. The van der Waals surface area contributed by atoms with Crippen LogP contribution in [0.15, 0.2) is 30.3 Å². The summed E-state index contributed by atoms with van der Waals surface area (Å²) in [5, 5.41) is 0.0476. The third-order valence-electron chi connectivity index (χ3n) is 6.46. The van der Waals surface area contributed by atoms with Gasteiger partial charge in [-0.1, -0.05) is 71.9 Å². The predicted molar refractivity (Wildman–Crippen MR) is 137 cm³/mol. The molecule has 0 aliphatic heterocycles. The average molecular weight is 481 g/mol. The highest BCUT2D eigenvalue weighted by Gasteiger charge is 2.42. The molecule has 0 amide bonds. The third kappa shape index (κ3) is 9.89. The van der Waals surface area contributed by atoms with Gasteiger partial charge in [0.1, 0.15) is 13.4 Å². The molecule has 0 unspecified atom stereocenters. The van der Waals surface area contributed by atoms with Gasteiger partial charge >= 0.3 is 5.97 Å². The zero-order valence-corrected chi connectivity index (χ0v) is 23.9. The second-order valence-corrected chi connectivity index (χ2v) is 16.7. The standard InChI is InChI=1S/C27H48O5Si/c1-20(2)24(31-19-29-17-22-15-13-12-14-16-22)21(3)23(18-30-25(28)26(4,5)6)32-33(10,11)27(7,8)9/h12-16,20-21,23-24H,17-19H2,1-11H3/t21-,23+,24+/m0/s1. The fourth-order valence-corrected chi connectivity index (χ4v) is 4.64. The van der Waals surface area contributed by atoms with E-state index in [1.807, 2.05) is 51.1 Å². The number of ether oxygens (including phenoxy) is 3. The Morgan fingerprint density at radius 1 is 0.970 bits per heavy atom. The van der Waals surface area contributed by atoms with Gasteiger partial charge in [-0.2, -0.15) is 0 Å². The maximum Gasteiger partial charge on any atom is 0.311 e. The average Bonchev–Trinajstić information content (AvgIpc) is 2.69. The first-order valence-electron chi connectivity index (χ1n) is 12.1. The second-order valence-electron chi connectivity index (χ2n) is 12.0. The Morgan fingerprint density at radius 3 is 2.03 bits per heavy atom. The van der Waals surface area contributed by atoms with E-state index in [-0.39, 0.29) is 48.5 Å². The molecule has 0 spiro atoms. The van der Waals surface area contributed by atoms with Crippen molar-refractivity contribution in [3.8, 4) is 0 Å². The third-order valence-corrected chi connectivity index (χ3v) is 11.0. The Kier molecular flexibility index (Phi) is 11.3. The van der Waals surface area contributed by atoms with Crippen LogP contribution in [0.25, 0.3) is 0 Å². The van der Waals surface area contributed by atoms with Gasteiger partial charge in [0.25, 0.3) is 0 Å². The van der Waals surface area contributed by atoms with E-state index in [1.54, 1.807) is 0 Å². The fourth-order valence-electron chi connectivity index (χ4n) is 3.25. The molecule has 0 N–H and O–H groups in total. The van der Waals surface area contributed by atoms with E-state index in [0.717, 1.165) is 5.56 Å². The molecule has 3 atom stereocenters. The summed E-state index contributed by atoms with van der Waals surface area (Å²) in [5.74, 6) is 0.0584. The molecule has 6 heteroatoms. The van der Waals surface area contributed by atoms with Crippen LogP contribution < -0.4 is 0 Å². The molecule has 1 rings (SSSR count). The zero-order valence-electron chi connectivity index (χ0n) is 22.9. The van der Waals surface area contributed by atoms with E-state index >= 15 is 0 Å². The van der Waals surface area contributed by atoms with Gasteiger partial charge in [-0.25, -0.2) is 0 Å². The summed E-state index contributed by atoms with van der Waals surface area (Å²) in [6, 6.07) is 10.1. The van der Waals surface area contributed by atoms with E-state index < -0.39 is 13.7 Å². The van der Waals surface area contributed by atoms with Crippen LogP contribution in [0.2, 0.25) is 18.1 Å². The minimum Gasteiger partial charge on any atom is -0.463 e. The number of carbonyl (C=O) groups is 1. The molecule has 0 aliphatic carbocycles. The monoisotopic (exact) mass is 480 g/mol. The molecular formula is C27H48O5Si. The summed E-state index contributed by atoms with van der Waals surface area (Å²) in [6.45, 7) is 24.1. The van der Waals surface area contributed by atoms with Crippen molar-refractivity contribution in [2.45, 2.75) is 99.3 Å². The SMILES string of the molecule is CC(C)[C@@H](OCOCc1ccccc1)[C@@H](C)[C@@H](COC(=O)C(C)(C)C)O[Si](C)(C)C(C)(C)C. The van der Waals surface area contributed by atoms with Crippen LogP contribution in [0.4, 0.5) is 0 Å². The Morgan fingerprint density at radius 2 is 1.55 bits per heavy atom. The Hall–Kier alpha value is -1.21. The van der Waals surface area contributed by atoms with Crippen LogP contribution in [0.1, 0.15) is 67.9 Å².